The maximum absolute atomic E-state index is 12.7. The monoisotopic (exact) mass is 478 g/mol. The zero-order valence-electron chi connectivity index (χ0n) is 18.3. The molecule has 0 fully saturated rings. The Labute approximate surface area is 205 Å². The van der Waals surface area contributed by atoms with E-state index in [1.54, 1.807) is 12.4 Å². The third-order valence-corrected chi connectivity index (χ3v) is 5.97. The summed E-state index contributed by atoms with van der Waals surface area (Å²) in [5.74, 6) is 0.930. The summed E-state index contributed by atoms with van der Waals surface area (Å²) in [4.78, 5) is 21.1. The third kappa shape index (κ3) is 4.83. The maximum Gasteiger partial charge on any atom is 0.237 e. The molecule has 5 rings (SSSR count). The molecule has 2 N–H and O–H groups in total. The van der Waals surface area contributed by atoms with Gasteiger partial charge in [-0.1, -0.05) is 72.4 Å². The Morgan fingerprint density at radius 1 is 0.971 bits per heavy atom. The molecule has 0 bridgehead atoms. The van der Waals surface area contributed by atoms with E-state index in [4.69, 9.17) is 4.42 Å². The number of nitrogens with zero attached hydrogens (tertiary/aromatic N) is 4. The fourth-order valence-corrected chi connectivity index (χ4v) is 4.14. The van der Waals surface area contributed by atoms with Gasteiger partial charge in [-0.3, -0.25) is 20.2 Å². The number of aromatic nitrogens is 4. The lowest BCUT2D eigenvalue weighted by atomic mass is 9.98. The average molecular weight is 479 g/mol. The first-order valence-electron chi connectivity index (χ1n) is 10.7. The quantitative estimate of drug-likeness (QED) is 0.301. The van der Waals surface area contributed by atoms with Gasteiger partial charge < -0.3 is 4.42 Å². The van der Waals surface area contributed by atoms with E-state index in [2.05, 4.69) is 31.6 Å². The Morgan fingerprint density at radius 3 is 2.34 bits per heavy atom. The molecule has 0 saturated heterocycles. The van der Waals surface area contributed by atoms with Crippen LogP contribution in [0, 0.1) is 11.3 Å². The van der Waals surface area contributed by atoms with E-state index in [1.165, 1.54) is 11.8 Å². The van der Waals surface area contributed by atoms with Crippen molar-refractivity contribution in [2.45, 2.75) is 5.16 Å². The second-order valence-electron chi connectivity index (χ2n) is 7.39. The van der Waals surface area contributed by atoms with Gasteiger partial charge in [0.15, 0.2) is 5.82 Å². The normalized spacial score (nSPS) is 10.6. The number of pyridine rings is 1. The number of hydrogen-bond acceptors (Lipinski definition) is 7. The van der Waals surface area contributed by atoms with Crippen molar-refractivity contribution in [3.05, 3.63) is 90.8 Å². The molecule has 0 radical (unpaired) electrons. The zero-order valence-corrected chi connectivity index (χ0v) is 19.1. The largest absolute Gasteiger partial charge is 0.438 e. The van der Waals surface area contributed by atoms with Crippen LogP contribution in [-0.4, -0.2) is 31.8 Å². The summed E-state index contributed by atoms with van der Waals surface area (Å²) in [7, 11) is 0. The van der Waals surface area contributed by atoms with Gasteiger partial charge in [-0.15, -0.1) is 5.10 Å². The highest BCUT2D eigenvalue weighted by atomic mass is 32.2. The summed E-state index contributed by atoms with van der Waals surface area (Å²) in [5, 5.41) is 20.1. The van der Waals surface area contributed by atoms with Gasteiger partial charge in [0.05, 0.1) is 5.75 Å². The predicted octanol–water partition coefficient (Wildman–Crippen LogP) is 5.40. The molecule has 3 heterocycles. The molecule has 0 aliphatic rings. The van der Waals surface area contributed by atoms with Crippen molar-refractivity contribution in [1.82, 2.24) is 20.2 Å². The fraction of sp³-hybridized carbons (Fsp3) is 0.0385. The van der Waals surface area contributed by atoms with Gasteiger partial charge in [-0.25, -0.2) is 4.98 Å². The number of nitriles is 1. The number of anilines is 1. The number of nitrogens with one attached hydrogen (secondary N) is 2. The topological polar surface area (TPSA) is 120 Å². The highest BCUT2D eigenvalue weighted by Gasteiger charge is 2.24. The van der Waals surface area contributed by atoms with Crippen molar-refractivity contribution in [2.24, 2.45) is 0 Å². The average Bonchev–Trinajstić information content (AvgIpc) is 3.54. The molecule has 0 aliphatic carbocycles. The lowest BCUT2D eigenvalue weighted by molar-refractivity contribution is -0.113. The summed E-state index contributed by atoms with van der Waals surface area (Å²) in [6, 6.07) is 24.8. The summed E-state index contributed by atoms with van der Waals surface area (Å²) >= 11 is 1.17. The molecule has 9 heteroatoms. The van der Waals surface area contributed by atoms with Crippen molar-refractivity contribution in [3.63, 3.8) is 0 Å². The summed E-state index contributed by atoms with van der Waals surface area (Å²) in [6.45, 7) is 0. The number of H-pyrrole nitrogens is 1. The van der Waals surface area contributed by atoms with Crippen molar-refractivity contribution in [1.29, 1.82) is 5.26 Å². The maximum atomic E-state index is 12.7. The number of amides is 1. The lowest BCUT2D eigenvalue weighted by Gasteiger charge is -2.03. The second kappa shape index (κ2) is 10.1. The molecular weight excluding hydrogens is 460 g/mol. The molecule has 3 aromatic heterocycles. The number of rotatable bonds is 7. The van der Waals surface area contributed by atoms with Crippen molar-refractivity contribution >= 4 is 23.6 Å². The molecular formula is C26H18N6O2S. The van der Waals surface area contributed by atoms with Crippen LogP contribution in [0.5, 0.6) is 0 Å². The first-order valence-corrected chi connectivity index (χ1v) is 11.6. The molecule has 1 amide bonds. The van der Waals surface area contributed by atoms with Gasteiger partial charge >= 0.3 is 0 Å². The Balaban J connectivity index is 1.37. The number of thioether (sulfide) groups is 1. The summed E-state index contributed by atoms with van der Waals surface area (Å²) in [6.07, 6.45) is 3.34. The Kier molecular flexibility index (Phi) is 6.37. The smallest absolute Gasteiger partial charge is 0.237 e. The zero-order chi connectivity index (χ0) is 24.0. The molecule has 0 aliphatic heterocycles. The Bertz CT molecular complexity index is 1490. The minimum absolute atomic E-state index is 0.0422. The summed E-state index contributed by atoms with van der Waals surface area (Å²) in [5.41, 5.74) is 3.39. The van der Waals surface area contributed by atoms with Crippen LogP contribution in [0.1, 0.15) is 5.56 Å². The van der Waals surface area contributed by atoms with E-state index in [9.17, 15) is 10.1 Å². The fourth-order valence-electron chi connectivity index (χ4n) is 3.54. The highest BCUT2D eigenvalue weighted by Crippen LogP contribution is 2.41. The van der Waals surface area contributed by atoms with Crippen molar-refractivity contribution < 1.29 is 9.21 Å². The van der Waals surface area contributed by atoms with Crippen LogP contribution in [0.25, 0.3) is 33.8 Å². The molecule has 0 spiro atoms. The van der Waals surface area contributed by atoms with Crippen molar-refractivity contribution in [3.8, 4) is 39.9 Å². The molecule has 35 heavy (non-hydrogen) atoms. The first kappa shape index (κ1) is 22.1. The Morgan fingerprint density at radius 2 is 1.66 bits per heavy atom. The second-order valence-corrected chi connectivity index (χ2v) is 8.34. The minimum Gasteiger partial charge on any atom is -0.438 e. The number of aromatic amines is 1. The number of carbonyl (C=O) groups excluding carboxylic acids is 1. The molecule has 0 unspecified atom stereocenters. The van der Waals surface area contributed by atoms with E-state index >= 15 is 0 Å². The van der Waals surface area contributed by atoms with Crippen LogP contribution in [-0.2, 0) is 4.79 Å². The van der Waals surface area contributed by atoms with Crippen LogP contribution in [0.2, 0.25) is 0 Å². The number of carbonyl (C=O) groups is 1. The lowest BCUT2D eigenvalue weighted by Crippen LogP contribution is -2.14. The van der Waals surface area contributed by atoms with Gasteiger partial charge in [-0.05, 0) is 17.7 Å². The molecule has 8 nitrogen and oxygen atoms in total. The van der Waals surface area contributed by atoms with Crippen LogP contribution in [0.4, 0.5) is 5.88 Å². The van der Waals surface area contributed by atoms with Gasteiger partial charge in [0, 0.05) is 29.1 Å². The van der Waals surface area contributed by atoms with Crippen LogP contribution in [0.15, 0.2) is 94.8 Å². The minimum atomic E-state index is -0.338. The summed E-state index contributed by atoms with van der Waals surface area (Å²) < 4.78 is 6.05. The molecule has 5 aromatic rings. The number of furan rings is 1. The van der Waals surface area contributed by atoms with E-state index < -0.39 is 0 Å². The van der Waals surface area contributed by atoms with Crippen LogP contribution >= 0.6 is 11.8 Å². The molecule has 0 saturated carbocycles. The SMILES string of the molecule is N#Cc1c(NC(=O)CSc2n[nH]c(-c3ccncc3)n2)oc(-c2ccccc2)c1-c1ccccc1. The molecule has 0 atom stereocenters. The number of benzene rings is 2. The standard InChI is InChI=1S/C26H18N6O2S/c27-15-20-22(17-7-3-1-4-8-17)23(18-9-5-2-6-10-18)34-25(20)29-21(33)16-35-26-30-24(31-32-26)19-11-13-28-14-12-19/h1-14H,16H2,(H,29,33)(H,30,31,32). The van der Waals surface area contributed by atoms with Crippen LogP contribution in [0.3, 0.4) is 0 Å². The first-order chi connectivity index (χ1) is 17.2. The van der Waals surface area contributed by atoms with Gasteiger partial charge in [0.1, 0.15) is 17.4 Å². The van der Waals surface area contributed by atoms with Gasteiger partial charge in [0.25, 0.3) is 0 Å². The Hall–Kier alpha value is -4.68. The third-order valence-electron chi connectivity index (χ3n) is 5.12. The van der Waals surface area contributed by atoms with Gasteiger partial charge in [0.2, 0.25) is 16.9 Å². The predicted molar refractivity (Wildman–Crippen MR) is 133 cm³/mol. The van der Waals surface area contributed by atoms with Crippen molar-refractivity contribution in [2.75, 3.05) is 11.1 Å². The molecule has 2 aromatic carbocycles. The van der Waals surface area contributed by atoms with E-state index in [0.29, 0.717) is 22.3 Å². The molecule has 170 valence electrons. The van der Waals surface area contributed by atoms with Gasteiger partial charge in [-0.2, -0.15) is 5.26 Å². The number of hydrogen-bond donors (Lipinski definition) is 2. The van der Waals surface area contributed by atoms with E-state index in [-0.39, 0.29) is 23.1 Å². The van der Waals surface area contributed by atoms with Crippen LogP contribution < -0.4 is 5.32 Å². The highest BCUT2D eigenvalue weighted by molar-refractivity contribution is 7.99. The van der Waals surface area contributed by atoms with E-state index in [0.717, 1.165) is 16.7 Å². The van der Waals surface area contributed by atoms with E-state index in [1.807, 2.05) is 72.8 Å².